The molecule has 1 aliphatic carbocycles. The molecule has 156 valence electrons. The minimum atomic E-state index is 0.120. The quantitative estimate of drug-likeness (QED) is 0.290. The monoisotopic (exact) mass is 389 g/mol. The van der Waals surface area contributed by atoms with E-state index in [0.29, 0.717) is 13.2 Å². The van der Waals surface area contributed by atoms with E-state index in [0.717, 1.165) is 60.6 Å². The van der Waals surface area contributed by atoms with Crippen LogP contribution in [0.25, 0.3) is 0 Å². The smallest absolute Gasteiger partial charge is 0.125 e. The molecule has 0 saturated heterocycles. The summed E-state index contributed by atoms with van der Waals surface area (Å²) in [7, 11) is 1.60. The van der Waals surface area contributed by atoms with E-state index in [4.69, 9.17) is 19.0 Å². The highest BCUT2D eigenvalue weighted by molar-refractivity contribution is 5.88. The van der Waals surface area contributed by atoms with Crippen LogP contribution in [0, 0.1) is 13.8 Å². The molecular formula is C23H35NO4. The summed E-state index contributed by atoms with van der Waals surface area (Å²) >= 11 is 0. The van der Waals surface area contributed by atoms with Crippen molar-refractivity contribution in [1.82, 2.24) is 0 Å². The molecule has 5 heteroatoms. The van der Waals surface area contributed by atoms with Crippen LogP contribution in [0.4, 0.5) is 0 Å². The average Bonchev–Trinajstić information content (AvgIpc) is 2.68. The van der Waals surface area contributed by atoms with Gasteiger partial charge in [0.1, 0.15) is 25.2 Å². The lowest BCUT2D eigenvalue weighted by atomic mass is 9.95. The van der Waals surface area contributed by atoms with Crippen LogP contribution in [0.15, 0.2) is 29.4 Å². The van der Waals surface area contributed by atoms with E-state index in [1.165, 1.54) is 12.8 Å². The maximum Gasteiger partial charge on any atom is 0.125 e. The van der Waals surface area contributed by atoms with Crippen LogP contribution in [0.3, 0.4) is 0 Å². The molecule has 1 aliphatic rings. The van der Waals surface area contributed by atoms with E-state index >= 15 is 0 Å². The molecule has 5 nitrogen and oxygen atoms in total. The van der Waals surface area contributed by atoms with Gasteiger partial charge in [0.25, 0.3) is 0 Å². The Morgan fingerprint density at radius 3 is 2.54 bits per heavy atom. The van der Waals surface area contributed by atoms with Gasteiger partial charge in [-0.1, -0.05) is 23.7 Å². The van der Waals surface area contributed by atoms with Gasteiger partial charge in [-0.25, -0.2) is 0 Å². The van der Waals surface area contributed by atoms with Crippen LogP contribution in [0.1, 0.15) is 56.6 Å². The van der Waals surface area contributed by atoms with Crippen molar-refractivity contribution in [1.29, 1.82) is 0 Å². The SMILES string of the molecule is C/C=C/COc1cc(C)c(OCCCCOC2CCCC/C2=N/OC)c(C)c1. The lowest BCUT2D eigenvalue weighted by Gasteiger charge is -2.23. The van der Waals surface area contributed by atoms with Gasteiger partial charge in [0, 0.05) is 6.61 Å². The molecule has 0 heterocycles. The van der Waals surface area contributed by atoms with Gasteiger partial charge in [-0.15, -0.1) is 0 Å². The van der Waals surface area contributed by atoms with Gasteiger partial charge in [0.05, 0.1) is 18.4 Å². The first kappa shape index (κ1) is 22.3. The van der Waals surface area contributed by atoms with Crippen LogP contribution < -0.4 is 9.47 Å². The summed E-state index contributed by atoms with van der Waals surface area (Å²) in [6.45, 7) is 8.12. The molecule has 0 N–H and O–H groups in total. The van der Waals surface area contributed by atoms with Crippen LogP contribution in [0.5, 0.6) is 11.5 Å². The second kappa shape index (κ2) is 12.4. The van der Waals surface area contributed by atoms with Crippen molar-refractivity contribution in [3.05, 3.63) is 35.4 Å². The molecule has 1 fully saturated rings. The molecule has 0 aromatic heterocycles. The Bertz CT molecular complexity index is 631. The summed E-state index contributed by atoms with van der Waals surface area (Å²) in [5.74, 6) is 1.84. The number of oxime groups is 1. The molecule has 1 aromatic carbocycles. The fourth-order valence-corrected chi connectivity index (χ4v) is 3.43. The third-order valence-corrected chi connectivity index (χ3v) is 4.85. The molecule has 0 bridgehead atoms. The number of hydrogen-bond donors (Lipinski definition) is 0. The van der Waals surface area contributed by atoms with Crippen molar-refractivity contribution in [3.8, 4) is 11.5 Å². The Balaban J connectivity index is 1.71. The van der Waals surface area contributed by atoms with Crippen LogP contribution in [-0.2, 0) is 9.57 Å². The van der Waals surface area contributed by atoms with Crippen molar-refractivity contribution >= 4 is 5.71 Å². The third kappa shape index (κ3) is 7.19. The van der Waals surface area contributed by atoms with Gasteiger partial charge in [-0.2, -0.15) is 0 Å². The Morgan fingerprint density at radius 2 is 1.82 bits per heavy atom. The summed E-state index contributed by atoms with van der Waals surface area (Å²) < 4.78 is 17.8. The first-order valence-corrected chi connectivity index (χ1v) is 10.3. The number of benzene rings is 1. The van der Waals surface area contributed by atoms with Gasteiger partial charge in [-0.3, -0.25) is 0 Å². The fraction of sp³-hybridized carbons (Fsp3) is 0.609. The van der Waals surface area contributed by atoms with E-state index in [9.17, 15) is 0 Å². The van der Waals surface area contributed by atoms with Gasteiger partial charge in [0.2, 0.25) is 0 Å². The summed E-state index contributed by atoms with van der Waals surface area (Å²) in [5.41, 5.74) is 3.26. The third-order valence-electron chi connectivity index (χ3n) is 4.85. The van der Waals surface area contributed by atoms with Gasteiger partial charge in [0.15, 0.2) is 0 Å². The van der Waals surface area contributed by atoms with Crippen molar-refractivity contribution in [3.63, 3.8) is 0 Å². The largest absolute Gasteiger partial charge is 0.493 e. The minimum Gasteiger partial charge on any atom is -0.493 e. The first-order chi connectivity index (χ1) is 13.7. The Kier molecular flexibility index (Phi) is 9.91. The first-order valence-electron chi connectivity index (χ1n) is 10.3. The van der Waals surface area contributed by atoms with Gasteiger partial charge in [-0.05, 0) is 76.1 Å². The number of hydrogen-bond acceptors (Lipinski definition) is 5. The molecule has 0 spiro atoms. The zero-order valence-corrected chi connectivity index (χ0v) is 17.8. The summed E-state index contributed by atoms with van der Waals surface area (Å²) in [5, 5.41) is 4.12. The Morgan fingerprint density at radius 1 is 1.07 bits per heavy atom. The molecule has 1 saturated carbocycles. The number of ether oxygens (including phenoxy) is 3. The number of rotatable bonds is 11. The number of nitrogens with zero attached hydrogens (tertiary/aromatic N) is 1. The van der Waals surface area contributed by atoms with Crippen LogP contribution in [-0.4, -0.2) is 38.7 Å². The zero-order valence-electron chi connectivity index (χ0n) is 17.8. The minimum absolute atomic E-state index is 0.120. The van der Waals surface area contributed by atoms with Gasteiger partial charge >= 0.3 is 0 Å². The molecule has 0 aliphatic heterocycles. The summed E-state index contributed by atoms with van der Waals surface area (Å²) in [6.07, 6.45) is 10.4. The summed E-state index contributed by atoms with van der Waals surface area (Å²) in [6, 6.07) is 4.07. The molecule has 1 aromatic rings. The Hall–Kier alpha value is -2.01. The lowest BCUT2D eigenvalue weighted by Crippen LogP contribution is -2.28. The standard InChI is InChI=1S/C23H35NO4/c1-5-6-13-26-20-16-18(2)23(19(3)17-20)28-15-10-9-14-27-22-12-8-7-11-21(22)24-25-4/h5-6,16-17,22H,7-15H2,1-4H3/b6-5+,24-21-. The highest BCUT2D eigenvalue weighted by Gasteiger charge is 2.21. The highest BCUT2D eigenvalue weighted by Crippen LogP contribution is 2.28. The highest BCUT2D eigenvalue weighted by atomic mass is 16.6. The van der Waals surface area contributed by atoms with Crippen LogP contribution in [0.2, 0.25) is 0 Å². The number of aryl methyl sites for hydroxylation is 2. The number of unbranched alkanes of at least 4 members (excludes halogenated alkanes) is 1. The predicted molar refractivity (Wildman–Crippen MR) is 114 cm³/mol. The number of allylic oxidation sites excluding steroid dienone is 1. The molecule has 0 amide bonds. The summed E-state index contributed by atoms with van der Waals surface area (Å²) in [4.78, 5) is 4.94. The second-order valence-corrected chi connectivity index (χ2v) is 7.19. The van der Waals surface area contributed by atoms with E-state index < -0.39 is 0 Å². The van der Waals surface area contributed by atoms with Crippen molar-refractivity contribution in [2.45, 2.75) is 65.4 Å². The zero-order chi connectivity index (χ0) is 20.2. The molecule has 2 rings (SSSR count). The van der Waals surface area contributed by atoms with E-state index in [1.54, 1.807) is 7.11 Å². The molecule has 1 unspecified atom stereocenters. The van der Waals surface area contributed by atoms with Crippen molar-refractivity contribution in [2.24, 2.45) is 5.16 Å². The van der Waals surface area contributed by atoms with E-state index in [-0.39, 0.29) is 6.10 Å². The predicted octanol–water partition coefficient (Wildman–Crippen LogP) is 5.38. The van der Waals surface area contributed by atoms with Crippen LogP contribution >= 0.6 is 0 Å². The van der Waals surface area contributed by atoms with Crippen molar-refractivity contribution in [2.75, 3.05) is 26.9 Å². The fourth-order valence-electron chi connectivity index (χ4n) is 3.43. The average molecular weight is 390 g/mol. The van der Waals surface area contributed by atoms with Crippen molar-refractivity contribution < 1.29 is 19.0 Å². The topological polar surface area (TPSA) is 49.3 Å². The lowest BCUT2D eigenvalue weighted by molar-refractivity contribution is 0.0746. The maximum absolute atomic E-state index is 6.03. The molecule has 1 atom stereocenters. The van der Waals surface area contributed by atoms with Gasteiger partial charge < -0.3 is 19.0 Å². The van der Waals surface area contributed by atoms with E-state index in [2.05, 4.69) is 19.0 Å². The molecule has 0 radical (unpaired) electrons. The molecule has 28 heavy (non-hydrogen) atoms. The van der Waals surface area contributed by atoms with E-state index in [1.807, 2.05) is 31.2 Å². The maximum atomic E-state index is 6.03. The molecular weight excluding hydrogens is 354 g/mol. The normalized spacial score (nSPS) is 18.6. The Labute approximate surface area is 169 Å². The second-order valence-electron chi connectivity index (χ2n) is 7.19.